The summed E-state index contributed by atoms with van der Waals surface area (Å²) >= 11 is 6.02. The molecule has 2 heterocycles. The summed E-state index contributed by atoms with van der Waals surface area (Å²) in [7, 11) is 0. The Morgan fingerprint density at radius 1 is 1.17 bits per heavy atom. The molecule has 1 N–H and O–H groups in total. The van der Waals surface area contributed by atoms with Gasteiger partial charge in [-0.3, -0.25) is 4.68 Å². The number of aromatic nitrogens is 4. The molecule has 1 fully saturated rings. The molecule has 2 aromatic heterocycles. The molecule has 0 bridgehead atoms. The predicted octanol–water partition coefficient (Wildman–Crippen LogP) is 4.21. The van der Waals surface area contributed by atoms with Gasteiger partial charge in [-0.05, 0) is 37.1 Å². The van der Waals surface area contributed by atoms with Gasteiger partial charge in [0.05, 0.1) is 23.8 Å². The molecule has 0 atom stereocenters. The van der Waals surface area contributed by atoms with Crippen molar-refractivity contribution in [1.29, 1.82) is 0 Å². The molecule has 0 saturated heterocycles. The molecule has 5 nitrogen and oxygen atoms in total. The summed E-state index contributed by atoms with van der Waals surface area (Å²) < 4.78 is 2.11. The smallest absolute Gasteiger partial charge is 0.137 e. The number of nitrogens with one attached hydrogen (secondary N) is 1. The van der Waals surface area contributed by atoms with Crippen molar-refractivity contribution in [1.82, 2.24) is 19.7 Å². The Morgan fingerprint density at radius 3 is 2.91 bits per heavy atom. The SMILES string of the molecule is Clc1ccc2c(NCc3ccn(C4CCCC4)n3)ncnc2c1. The van der Waals surface area contributed by atoms with E-state index in [0.29, 0.717) is 17.6 Å². The van der Waals surface area contributed by atoms with Gasteiger partial charge in [0.25, 0.3) is 0 Å². The Kier molecular flexibility index (Phi) is 3.87. The van der Waals surface area contributed by atoms with Crippen LogP contribution in [0.25, 0.3) is 10.9 Å². The van der Waals surface area contributed by atoms with Crippen LogP contribution in [0.5, 0.6) is 0 Å². The molecule has 6 heteroatoms. The summed E-state index contributed by atoms with van der Waals surface area (Å²) in [6, 6.07) is 8.29. The van der Waals surface area contributed by atoms with Crippen molar-refractivity contribution in [2.75, 3.05) is 5.32 Å². The minimum absolute atomic E-state index is 0.575. The maximum absolute atomic E-state index is 6.02. The second-order valence-electron chi connectivity index (χ2n) is 5.96. The maximum Gasteiger partial charge on any atom is 0.137 e. The molecule has 1 aliphatic rings. The topological polar surface area (TPSA) is 55.6 Å². The van der Waals surface area contributed by atoms with Crippen LogP contribution in [-0.4, -0.2) is 19.7 Å². The molecule has 4 rings (SSSR count). The van der Waals surface area contributed by atoms with E-state index in [1.54, 1.807) is 6.33 Å². The summed E-state index contributed by atoms with van der Waals surface area (Å²) in [5.41, 5.74) is 1.86. The van der Waals surface area contributed by atoms with Crippen molar-refractivity contribution < 1.29 is 0 Å². The first-order chi connectivity index (χ1) is 11.3. The molecule has 1 aromatic carbocycles. The van der Waals surface area contributed by atoms with Crippen LogP contribution in [0, 0.1) is 0 Å². The van der Waals surface area contributed by atoms with E-state index in [4.69, 9.17) is 16.7 Å². The van der Waals surface area contributed by atoms with E-state index in [2.05, 4.69) is 32.2 Å². The molecular weight excluding hydrogens is 310 g/mol. The number of fused-ring (bicyclic) bond motifs is 1. The van der Waals surface area contributed by atoms with Crippen molar-refractivity contribution in [2.24, 2.45) is 0 Å². The first kappa shape index (κ1) is 14.5. The van der Waals surface area contributed by atoms with Crippen molar-refractivity contribution >= 4 is 28.3 Å². The van der Waals surface area contributed by atoms with E-state index in [9.17, 15) is 0 Å². The van der Waals surface area contributed by atoms with Crippen LogP contribution in [-0.2, 0) is 6.54 Å². The number of nitrogens with zero attached hydrogens (tertiary/aromatic N) is 4. The van der Waals surface area contributed by atoms with Gasteiger partial charge >= 0.3 is 0 Å². The number of rotatable bonds is 4. The Morgan fingerprint density at radius 2 is 2.04 bits per heavy atom. The summed E-state index contributed by atoms with van der Waals surface area (Å²) in [6.07, 6.45) is 8.75. The van der Waals surface area contributed by atoms with Crippen LogP contribution in [0.15, 0.2) is 36.8 Å². The lowest BCUT2D eigenvalue weighted by atomic mass is 10.2. The molecule has 0 radical (unpaired) electrons. The molecule has 0 spiro atoms. The third-order valence-corrected chi connectivity index (χ3v) is 4.63. The lowest BCUT2D eigenvalue weighted by molar-refractivity contribution is 0.463. The van der Waals surface area contributed by atoms with Gasteiger partial charge < -0.3 is 5.32 Å². The van der Waals surface area contributed by atoms with E-state index in [1.165, 1.54) is 25.7 Å². The van der Waals surface area contributed by atoms with E-state index >= 15 is 0 Å². The van der Waals surface area contributed by atoms with Gasteiger partial charge in [0.1, 0.15) is 12.1 Å². The largest absolute Gasteiger partial charge is 0.364 e. The summed E-state index contributed by atoms with van der Waals surface area (Å²) in [4.78, 5) is 8.59. The van der Waals surface area contributed by atoms with Crippen LogP contribution in [0.1, 0.15) is 37.4 Å². The van der Waals surface area contributed by atoms with E-state index in [-0.39, 0.29) is 0 Å². The van der Waals surface area contributed by atoms with E-state index in [0.717, 1.165) is 22.4 Å². The van der Waals surface area contributed by atoms with Crippen molar-refractivity contribution in [2.45, 2.75) is 38.3 Å². The van der Waals surface area contributed by atoms with Crippen LogP contribution < -0.4 is 5.32 Å². The minimum Gasteiger partial charge on any atom is -0.364 e. The third-order valence-electron chi connectivity index (χ3n) is 4.40. The number of hydrogen-bond acceptors (Lipinski definition) is 4. The second kappa shape index (κ2) is 6.16. The molecule has 3 aromatic rings. The zero-order valence-electron chi connectivity index (χ0n) is 12.7. The van der Waals surface area contributed by atoms with Gasteiger partial charge in [0, 0.05) is 16.6 Å². The molecular formula is C17H18ClN5. The Balaban J connectivity index is 1.51. The summed E-state index contributed by atoms with van der Waals surface area (Å²) in [6.45, 7) is 0.647. The molecule has 1 saturated carbocycles. The first-order valence-corrected chi connectivity index (χ1v) is 8.35. The van der Waals surface area contributed by atoms with E-state index in [1.807, 2.05) is 18.2 Å². The average molecular weight is 328 g/mol. The molecule has 1 aliphatic carbocycles. The average Bonchev–Trinajstić information content (AvgIpc) is 3.23. The van der Waals surface area contributed by atoms with Gasteiger partial charge in [0.2, 0.25) is 0 Å². The van der Waals surface area contributed by atoms with E-state index < -0.39 is 0 Å². The predicted molar refractivity (Wildman–Crippen MR) is 91.6 cm³/mol. The first-order valence-electron chi connectivity index (χ1n) is 7.98. The molecule has 0 aliphatic heterocycles. The van der Waals surface area contributed by atoms with Crippen LogP contribution >= 0.6 is 11.6 Å². The summed E-state index contributed by atoms with van der Waals surface area (Å²) in [5, 5.41) is 9.69. The molecule has 0 amide bonds. The number of anilines is 1. The highest BCUT2D eigenvalue weighted by molar-refractivity contribution is 6.31. The highest BCUT2D eigenvalue weighted by atomic mass is 35.5. The second-order valence-corrected chi connectivity index (χ2v) is 6.40. The van der Waals surface area contributed by atoms with Gasteiger partial charge in [-0.15, -0.1) is 0 Å². The zero-order chi connectivity index (χ0) is 15.6. The quantitative estimate of drug-likeness (QED) is 0.780. The molecule has 118 valence electrons. The Bertz CT molecular complexity index is 823. The normalized spacial score (nSPS) is 15.3. The number of halogens is 1. The van der Waals surface area contributed by atoms with Crippen LogP contribution in [0.2, 0.25) is 5.02 Å². The highest BCUT2D eigenvalue weighted by Gasteiger charge is 2.17. The monoisotopic (exact) mass is 327 g/mol. The minimum atomic E-state index is 0.575. The van der Waals surface area contributed by atoms with Crippen molar-refractivity contribution in [3.63, 3.8) is 0 Å². The number of benzene rings is 1. The zero-order valence-corrected chi connectivity index (χ0v) is 13.5. The number of hydrogen-bond donors (Lipinski definition) is 1. The molecule has 23 heavy (non-hydrogen) atoms. The third kappa shape index (κ3) is 3.01. The fourth-order valence-electron chi connectivity index (χ4n) is 3.19. The Hall–Kier alpha value is -2.14. The van der Waals surface area contributed by atoms with Gasteiger partial charge in [0.15, 0.2) is 0 Å². The molecule has 0 unspecified atom stereocenters. The van der Waals surface area contributed by atoms with Crippen molar-refractivity contribution in [3.8, 4) is 0 Å². The van der Waals surface area contributed by atoms with Gasteiger partial charge in [-0.25, -0.2) is 9.97 Å². The Labute approximate surface area is 139 Å². The summed E-state index contributed by atoms with van der Waals surface area (Å²) in [5.74, 6) is 0.807. The fourth-order valence-corrected chi connectivity index (χ4v) is 3.36. The van der Waals surface area contributed by atoms with Crippen LogP contribution in [0.3, 0.4) is 0 Å². The van der Waals surface area contributed by atoms with Gasteiger partial charge in [-0.1, -0.05) is 24.4 Å². The lowest BCUT2D eigenvalue weighted by Crippen LogP contribution is -2.07. The highest BCUT2D eigenvalue weighted by Crippen LogP contribution is 2.29. The maximum atomic E-state index is 6.02. The van der Waals surface area contributed by atoms with Crippen molar-refractivity contribution in [3.05, 3.63) is 47.5 Å². The lowest BCUT2D eigenvalue weighted by Gasteiger charge is -2.09. The van der Waals surface area contributed by atoms with Crippen LogP contribution in [0.4, 0.5) is 5.82 Å². The van der Waals surface area contributed by atoms with Gasteiger partial charge in [-0.2, -0.15) is 5.10 Å². The standard InChI is InChI=1S/C17H18ClN5/c18-12-5-6-15-16(9-12)20-11-21-17(15)19-10-13-7-8-23(22-13)14-3-1-2-4-14/h5-9,11,14H,1-4,10H2,(H,19,20,21). The fraction of sp³-hybridized carbons (Fsp3) is 0.353.